The summed E-state index contributed by atoms with van der Waals surface area (Å²) < 4.78 is 0. The second kappa shape index (κ2) is 7.05. The number of hydrogen-bond acceptors (Lipinski definition) is 0. The predicted molar refractivity (Wildman–Crippen MR) is 96.5 cm³/mol. The maximum Gasteiger partial charge on any atom is -0.0298 e. The predicted octanol–water partition coefficient (Wildman–Crippen LogP) is 7.18. The first kappa shape index (κ1) is 19.0. The van der Waals surface area contributed by atoms with E-state index in [-0.39, 0.29) is 0 Å². The summed E-state index contributed by atoms with van der Waals surface area (Å²) in [6, 6.07) is 0. The van der Waals surface area contributed by atoms with Crippen molar-refractivity contribution < 1.29 is 0 Å². The van der Waals surface area contributed by atoms with Crippen LogP contribution in [0.5, 0.6) is 0 Å². The van der Waals surface area contributed by atoms with E-state index in [9.17, 15) is 0 Å². The Morgan fingerprint density at radius 2 is 1.62 bits per heavy atom. The highest BCUT2D eigenvalue weighted by Gasteiger charge is 2.52. The molecule has 126 valence electrons. The summed E-state index contributed by atoms with van der Waals surface area (Å²) in [5, 5.41) is 0. The van der Waals surface area contributed by atoms with E-state index in [0.717, 1.165) is 29.6 Å². The highest BCUT2D eigenvalue weighted by Crippen LogP contribution is 2.59. The minimum Gasteiger partial charge on any atom is -0.0654 e. The van der Waals surface area contributed by atoms with E-state index in [1.807, 2.05) is 0 Å². The van der Waals surface area contributed by atoms with Crippen molar-refractivity contribution in [2.24, 2.45) is 40.4 Å². The normalized spacial score (nSPS) is 30.9. The Hall–Kier alpha value is 0. The maximum atomic E-state index is 2.56. The van der Waals surface area contributed by atoms with Crippen LogP contribution < -0.4 is 0 Å². The minimum absolute atomic E-state index is 0.477. The highest BCUT2D eigenvalue weighted by atomic mass is 14.6. The minimum atomic E-state index is 0.477. The van der Waals surface area contributed by atoms with E-state index in [1.165, 1.54) is 32.1 Å². The van der Waals surface area contributed by atoms with Gasteiger partial charge in [0.05, 0.1) is 0 Å². The Labute approximate surface area is 135 Å². The average molecular weight is 295 g/mol. The van der Waals surface area contributed by atoms with Gasteiger partial charge in [-0.3, -0.25) is 0 Å². The van der Waals surface area contributed by atoms with Crippen LogP contribution in [-0.4, -0.2) is 0 Å². The fraction of sp³-hybridized carbons (Fsp3) is 1.00. The largest absolute Gasteiger partial charge is 0.0654 e. The molecule has 0 aromatic heterocycles. The lowest BCUT2D eigenvalue weighted by Crippen LogP contribution is -2.39. The van der Waals surface area contributed by atoms with Gasteiger partial charge in [0.25, 0.3) is 0 Å². The molecule has 4 atom stereocenters. The van der Waals surface area contributed by atoms with E-state index in [2.05, 4.69) is 62.3 Å². The van der Waals surface area contributed by atoms with Crippen molar-refractivity contribution in [3.8, 4) is 0 Å². The van der Waals surface area contributed by atoms with Gasteiger partial charge in [-0.2, -0.15) is 0 Å². The molecule has 0 heteroatoms. The van der Waals surface area contributed by atoms with Crippen LogP contribution in [0.15, 0.2) is 0 Å². The van der Waals surface area contributed by atoms with E-state index in [0.29, 0.717) is 10.8 Å². The van der Waals surface area contributed by atoms with Gasteiger partial charge >= 0.3 is 0 Å². The lowest BCUT2D eigenvalue weighted by atomic mass is 9.60. The van der Waals surface area contributed by atoms with Gasteiger partial charge in [-0.1, -0.05) is 81.6 Å². The third kappa shape index (κ3) is 4.05. The third-order valence-electron chi connectivity index (χ3n) is 6.74. The summed E-state index contributed by atoms with van der Waals surface area (Å²) in [4.78, 5) is 0. The number of hydrogen-bond donors (Lipinski definition) is 0. The molecule has 0 heterocycles. The molecule has 0 amide bonds. The zero-order valence-electron chi connectivity index (χ0n) is 16.4. The number of rotatable bonds is 7. The van der Waals surface area contributed by atoms with Gasteiger partial charge in [0.2, 0.25) is 0 Å². The summed E-state index contributed by atoms with van der Waals surface area (Å²) in [5.74, 6) is 4.41. The molecule has 0 aromatic rings. The van der Waals surface area contributed by atoms with Crippen molar-refractivity contribution in [2.45, 2.75) is 94.4 Å². The van der Waals surface area contributed by atoms with Crippen LogP contribution >= 0.6 is 0 Å². The van der Waals surface area contributed by atoms with Crippen molar-refractivity contribution in [3.05, 3.63) is 0 Å². The standard InChI is InChI=1S/C21H42/c1-10-12-17-14-21(8,9)19(18(17)15(3)4)16(5)20(6,7)13-11-2/h15-19H,10-14H2,1-9H3. The molecule has 1 fully saturated rings. The first-order valence-electron chi connectivity index (χ1n) is 9.58. The molecule has 0 N–H and O–H groups in total. The van der Waals surface area contributed by atoms with Gasteiger partial charge in [0.1, 0.15) is 0 Å². The summed E-state index contributed by atoms with van der Waals surface area (Å²) in [5.41, 5.74) is 0.990. The molecule has 0 bridgehead atoms. The van der Waals surface area contributed by atoms with E-state index < -0.39 is 0 Å². The quantitative estimate of drug-likeness (QED) is 0.466. The van der Waals surface area contributed by atoms with E-state index >= 15 is 0 Å². The maximum absolute atomic E-state index is 2.56. The molecular weight excluding hydrogens is 252 g/mol. The van der Waals surface area contributed by atoms with Gasteiger partial charge < -0.3 is 0 Å². The van der Waals surface area contributed by atoms with Crippen LogP contribution in [0.3, 0.4) is 0 Å². The molecule has 0 saturated heterocycles. The second-order valence-electron chi connectivity index (χ2n) is 9.62. The van der Waals surface area contributed by atoms with Gasteiger partial charge in [-0.25, -0.2) is 0 Å². The molecule has 1 rings (SSSR count). The van der Waals surface area contributed by atoms with Gasteiger partial charge in [0, 0.05) is 0 Å². The third-order valence-corrected chi connectivity index (χ3v) is 6.74. The smallest absolute Gasteiger partial charge is 0.0298 e. The van der Waals surface area contributed by atoms with Crippen molar-refractivity contribution in [1.82, 2.24) is 0 Å². The first-order chi connectivity index (χ1) is 9.58. The fourth-order valence-electron chi connectivity index (χ4n) is 5.75. The summed E-state index contributed by atoms with van der Waals surface area (Å²) in [7, 11) is 0. The Bertz CT molecular complexity index is 310. The van der Waals surface area contributed by atoms with Gasteiger partial charge in [-0.15, -0.1) is 0 Å². The molecule has 0 aromatic carbocycles. The summed E-state index contributed by atoms with van der Waals surface area (Å²) >= 11 is 0. The molecule has 1 saturated carbocycles. The Kier molecular flexibility index (Phi) is 6.40. The van der Waals surface area contributed by atoms with E-state index in [1.54, 1.807) is 0 Å². The van der Waals surface area contributed by atoms with Crippen LogP contribution in [0.4, 0.5) is 0 Å². The average Bonchev–Trinajstić information content (AvgIpc) is 2.59. The van der Waals surface area contributed by atoms with Crippen molar-refractivity contribution >= 4 is 0 Å². The lowest BCUT2D eigenvalue weighted by Gasteiger charge is -2.45. The second-order valence-corrected chi connectivity index (χ2v) is 9.62. The zero-order valence-corrected chi connectivity index (χ0v) is 16.4. The van der Waals surface area contributed by atoms with Crippen molar-refractivity contribution in [2.75, 3.05) is 0 Å². The SMILES string of the molecule is CCCC1CC(C)(C)C(C(C)C(C)(C)CCC)C1C(C)C. The molecule has 21 heavy (non-hydrogen) atoms. The highest BCUT2D eigenvalue weighted by molar-refractivity contribution is 5.01. The fourth-order valence-corrected chi connectivity index (χ4v) is 5.75. The van der Waals surface area contributed by atoms with Crippen molar-refractivity contribution in [3.63, 3.8) is 0 Å². The van der Waals surface area contributed by atoms with Gasteiger partial charge in [0.15, 0.2) is 0 Å². The molecule has 4 unspecified atom stereocenters. The van der Waals surface area contributed by atoms with Gasteiger partial charge in [-0.05, 0) is 53.3 Å². The molecule has 1 aliphatic rings. The molecular formula is C21H42. The Morgan fingerprint density at radius 1 is 1.05 bits per heavy atom. The summed E-state index contributed by atoms with van der Waals surface area (Å²) in [6.07, 6.45) is 6.91. The van der Waals surface area contributed by atoms with Crippen LogP contribution in [0, 0.1) is 40.4 Å². The van der Waals surface area contributed by atoms with Crippen LogP contribution in [-0.2, 0) is 0 Å². The Morgan fingerprint density at radius 3 is 2.05 bits per heavy atom. The molecule has 0 nitrogen and oxygen atoms in total. The van der Waals surface area contributed by atoms with Crippen LogP contribution in [0.25, 0.3) is 0 Å². The topological polar surface area (TPSA) is 0 Å². The zero-order chi connectivity index (χ0) is 16.4. The van der Waals surface area contributed by atoms with E-state index in [4.69, 9.17) is 0 Å². The molecule has 0 aliphatic heterocycles. The van der Waals surface area contributed by atoms with Crippen LogP contribution in [0.2, 0.25) is 0 Å². The summed E-state index contributed by atoms with van der Waals surface area (Å²) in [6.45, 7) is 22.4. The monoisotopic (exact) mass is 294 g/mol. The molecule has 1 aliphatic carbocycles. The van der Waals surface area contributed by atoms with Crippen molar-refractivity contribution in [1.29, 1.82) is 0 Å². The lowest BCUT2D eigenvalue weighted by molar-refractivity contribution is 0.0341. The first-order valence-corrected chi connectivity index (χ1v) is 9.58. The molecule has 0 spiro atoms. The molecule has 0 radical (unpaired) electrons. The van der Waals surface area contributed by atoms with Crippen LogP contribution in [0.1, 0.15) is 94.4 Å². The Balaban J connectivity index is 3.09.